The Morgan fingerprint density at radius 3 is 2.85 bits per heavy atom. The molecular formula is C16H19N3O. The first-order valence-electron chi connectivity index (χ1n) is 6.81. The van der Waals surface area contributed by atoms with Gasteiger partial charge in [-0.1, -0.05) is 32.0 Å². The van der Waals surface area contributed by atoms with Crippen LogP contribution in [0.3, 0.4) is 0 Å². The Bertz CT molecular complexity index is 644. The Morgan fingerprint density at radius 2 is 2.10 bits per heavy atom. The number of benzene rings is 1. The second kappa shape index (κ2) is 6.28. The van der Waals surface area contributed by atoms with E-state index in [0.29, 0.717) is 17.0 Å². The SMILES string of the molecule is CCC(C)C(C)=NNC(=O)c1cccc2cccnc12. The monoisotopic (exact) mass is 269 g/mol. The topological polar surface area (TPSA) is 54.4 Å². The van der Waals surface area contributed by atoms with E-state index < -0.39 is 0 Å². The van der Waals surface area contributed by atoms with Crippen LogP contribution in [0.15, 0.2) is 41.6 Å². The Balaban J connectivity index is 2.24. The zero-order valence-corrected chi connectivity index (χ0v) is 12.1. The van der Waals surface area contributed by atoms with Crippen LogP contribution in [0.1, 0.15) is 37.6 Å². The van der Waals surface area contributed by atoms with Gasteiger partial charge < -0.3 is 0 Å². The summed E-state index contributed by atoms with van der Waals surface area (Å²) in [4.78, 5) is 16.5. The van der Waals surface area contributed by atoms with Crippen LogP contribution in [-0.2, 0) is 0 Å². The number of rotatable bonds is 4. The van der Waals surface area contributed by atoms with Gasteiger partial charge in [0, 0.05) is 17.3 Å². The van der Waals surface area contributed by atoms with Crippen LogP contribution in [0.4, 0.5) is 0 Å². The zero-order valence-electron chi connectivity index (χ0n) is 12.1. The van der Waals surface area contributed by atoms with Crippen LogP contribution in [0.2, 0.25) is 0 Å². The minimum Gasteiger partial charge on any atom is -0.267 e. The smallest absolute Gasteiger partial charge is 0.267 e. The maximum absolute atomic E-state index is 12.2. The van der Waals surface area contributed by atoms with Gasteiger partial charge in [0.2, 0.25) is 0 Å². The summed E-state index contributed by atoms with van der Waals surface area (Å²) in [5.74, 6) is 0.137. The Hall–Kier alpha value is -2.23. The number of carbonyl (C=O) groups excluding carboxylic acids is 1. The highest BCUT2D eigenvalue weighted by Crippen LogP contribution is 2.15. The van der Waals surface area contributed by atoms with Gasteiger partial charge in [-0.25, -0.2) is 5.43 Å². The van der Waals surface area contributed by atoms with Gasteiger partial charge in [-0.15, -0.1) is 0 Å². The normalized spacial score (nSPS) is 13.2. The van der Waals surface area contributed by atoms with Crippen molar-refractivity contribution in [1.82, 2.24) is 10.4 Å². The maximum atomic E-state index is 12.2. The van der Waals surface area contributed by atoms with Gasteiger partial charge in [-0.2, -0.15) is 5.10 Å². The van der Waals surface area contributed by atoms with Crippen LogP contribution < -0.4 is 5.43 Å². The van der Waals surface area contributed by atoms with Crippen molar-refractivity contribution in [2.24, 2.45) is 11.0 Å². The van der Waals surface area contributed by atoms with E-state index in [1.165, 1.54) is 0 Å². The summed E-state index contributed by atoms with van der Waals surface area (Å²) < 4.78 is 0. The number of fused-ring (bicyclic) bond motifs is 1. The van der Waals surface area contributed by atoms with E-state index in [-0.39, 0.29) is 5.91 Å². The van der Waals surface area contributed by atoms with Crippen LogP contribution in [0, 0.1) is 5.92 Å². The summed E-state index contributed by atoms with van der Waals surface area (Å²) in [6.45, 7) is 6.11. The lowest BCUT2D eigenvalue weighted by Gasteiger charge is -2.08. The minimum absolute atomic E-state index is 0.225. The van der Waals surface area contributed by atoms with Gasteiger partial charge in [0.05, 0.1) is 11.1 Å². The van der Waals surface area contributed by atoms with Gasteiger partial charge >= 0.3 is 0 Å². The number of nitrogens with one attached hydrogen (secondary N) is 1. The van der Waals surface area contributed by atoms with Crippen LogP contribution in [0.5, 0.6) is 0 Å². The summed E-state index contributed by atoms with van der Waals surface area (Å²) in [5, 5.41) is 5.11. The molecule has 2 aromatic rings. The van der Waals surface area contributed by atoms with E-state index in [9.17, 15) is 4.79 Å². The lowest BCUT2D eigenvalue weighted by atomic mass is 10.1. The van der Waals surface area contributed by atoms with E-state index in [0.717, 1.165) is 17.5 Å². The lowest BCUT2D eigenvalue weighted by Crippen LogP contribution is -2.21. The molecular weight excluding hydrogens is 250 g/mol. The molecule has 2 rings (SSSR count). The van der Waals surface area contributed by atoms with E-state index in [4.69, 9.17) is 0 Å². The number of aromatic nitrogens is 1. The molecule has 0 saturated heterocycles. The van der Waals surface area contributed by atoms with E-state index in [2.05, 4.69) is 29.4 Å². The molecule has 1 heterocycles. The van der Waals surface area contributed by atoms with Crippen molar-refractivity contribution >= 4 is 22.5 Å². The largest absolute Gasteiger partial charge is 0.273 e. The Morgan fingerprint density at radius 1 is 1.35 bits per heavy atom. The molecule has 1 amide bonds. The van der Waals surface area contributed by atoms with Crippen molar-refractivity contribution in [3.05, 3.63) is 42.1 Å². The quantitative estimate of drug-likeness (QED) is 0.683. The average Bonchev–Trinajstić information content (AvgIpc) is 2.50. The number of hydrazone groups is 1. The predicted octanol–water partition coefficient (Wildman–Crippen LogP) is 3.39. The van der Waals surface area contributed by atoms with Gasteiger partial charge in [0.15, 0.2) is 0 Å². The van der Waals surface area contributed by atoms with Gasteiger partial charge in [-0.05, 0) is 31.4 Å². The first kappa shape index (κ1) is 14.2. The summed E-state index contributed by atoms with van der Waals surface area (Å²) >= 11 is 0. The highest BCUT2D eigenvalue weighted by molar-refractivity contribution is 6.05. The third-order valence-corrected chi connectivity index (χ3v) is 3.54. The molecule has 4 heteroatoms. The molecule has 1 unspecified atom stereocenters. The third-order valence-electron chi connectivity index (χ3n) is 3.54. The van der Waals surface area contributed by atoms with Crippen molar-refractivity contribution < 1.29 is 4.79 Å². The molecule has 0 fully saturated rings. The van der Waals surface area contributed by atoms with E-state index >= 15 is 0 Å². The highest BCUT2D eigenvalue weighted by atomic mass is 16.2. The number of carbonyl (C=O) groups is 1. The van der Waals surface area contributed by atoms with Gasteiger partial charge in [-0.3, -0.25) is 9.78 Å². The number of para-hydroxylation sites is 1. The van der Waals surface area contributed by atoms with E-state index in [1.807, 2.05) is 31.2 Å². The van der Waals surface area contributed by atoms with E-state index in [1.54, 1.807) is 12.3 Å². The third kappa shape index (κ3) is 3.02. The molecule has 104 valence electrons. The standard InChI is InChI=1S/C16H19N3O/c1-4-11(2)12(3)18-19-16(20)14-9-5-7-13-8-6-10-17-15(13)14/h5-11H,4H2,1-3H3,(H,19,20). The molecule has 0 aliphatic rings. The predicted molar refractivity (Wildman–Crippen MR) is 81.8 cm³/mol. The van der Waals surface area contributed by atoms with Crippen LogP contribution in [-0.4, -0.2) is 16.6 Å². The summed E-state index contributed by atoms with van der Waals surface area (Å²) in [6.07, 6.45) is 2.69. The fraction of sp³-hybridized carbons (Fsp3) is 0.312. The first-order chi connectivity index (χ1) is 9.63. The average molecular weight is 269 g/mol. The molecule has 20 heavy (non-hydrogen) atoms. The summed E-state index contributed by atoms with van der Waals surface area (Å²) in [7, 11) is 0. The van der Waals surface area contributed by atoms with Crippen molar-refractivity contribution in [2.75, 3.05) is 0 Å². The fourth-order valence-corrected chi connectivity index (χ4v) is 1.89. The number of hydrogen-bond donors (Lipinski definition) is 1. The highest BCUT2D eigenvalue weighted by Gasteiger charge is 2.10. The van der Waals surface area contributed by atoms with Crippen LogP contribution >= 0.6 is 0 Å². The molecule has 0 saturated carbocycles. The summed E-state index contributed by atoms with van der Waals surface area (Å²) in [6, 6.07) is 9.34. The molecule has 0 aliphatic heterocycles. The molecule has 0 radical (unpaired) electrons. The van der Waals surface area contributed by atoms with Crippen molar-refractivity contribution in [2.45, 2.75) is 27.2 Å². The molecule has 0 bridgehead atoms. The molecule has 1 atom stereocenters. The molecule has 0 spiro atoms. The molecule has 1 aromatic carbocycles. The Kier molecular flexibility index (Phi) is 4.45. The van der Waals surface area contributed by atoms with Gasteiger partial charge in [0.1, 0.15) is 0 Å². The minimum atomic E-state index is -0.225. The fourth-order valence-electron chi connectivity index (χ4n) is 1.89. The van der Waals surface area contributed by atoms with Crippen molar-refractivity contribution in [1.29, 1.82) is 0 Å². The number of hydrogen-bond acceptors (Lipinski definition) is 3. The molecule has 1 N–H and O–H groups in total. The zero-order chi connectivity index (χ0) is 14.5. The number of amides is 1. The Labute approximate surface area is 118 Å². The van der Waals surface area contributed by atoms with Crippen molar-refractivity contribution in [3.63, 3.8) is 0 Å². The molecule has 1 aromatic heterocycles. The van der Waals surface area contributed by atoms with Crippen LogP contribution in [0.25, 0.3) is 10.9 Å². The second-order valence-corrected chi connectivity index (χ2v) is 4.88. The maximum Gasteiger partial charge on any atom is 0.273 e. The summed E-state index contributed by atoms with van der Waals surface area (Å²) in [5.41, 5.74) is 4.78. The first-order valence-corrected chi connectivity index (χ1v) is 6.81. The second-order valence-electron chi connectivity index (χ2n) is 4.88. The number of nitrogens with zero attached hydrogens (tertiary/aromatic N) is 2. The number of pyridine rings is 1. The van der Waals surface area contributed by atoms with Crippen molar-refractivity contribution in [3.8, 4) is 0 Å². The molecule has 4 nitrogen and oxygen atoms in total. The molecule has 0 aliphatic carbocycles. The van der Waals surface area contributed by atoms with Gasteiger partial charge in [0.25, 0.3) is 5.91 Å². The lowest BCUT2D eigenvalue weighted by molar-refractivity contribution is 0.0956.